The summed E-state index contributed by atoms with van der Waals surface area (Å²) in [6.45, 7) is 13.7. The van der Waals surface area contributed by atoms with Gasteiger partial charge in [-0.15, -0.1) is 16.8 Å². The molecule has 140 valence electrons. The van der Waals surface area contributed by atoms with Gasteiger partial charge in [-0.25, -0.2) is 0 Å². The van der Waals surface area contributed by atoms with Crippen molar-refractivity contribution in [2.24, 2.45) is 0 Å². The molecule has 1 aromatic heterocycles. The number of nitrogens with one attached hydrogen (secondary N) is 1. The van der Waals surface area contributed by atoms with Gasteiger partial charge in [0.05, 0.1) is 5.25 Å². The first-order valence-corrected chi connectivity index (χ1v) is 10.1. The van der Waals surface area contributed by atoms with Crippen LogP contribution in [0.3, 0.4) is 0 Å². The van der Waals surface area contributed by atoms with Gasteiger partial charge in [0.15, 0.2) is 5.16 Å². The second kappa shape index (κ2) is 9.97. The van der Waals surface area contributed by atoms with E-state index in [1.807, 2.05) is 26.8 Å². The Kier molecular flexibility index (Phi) is 7.96. The monoisotopic (exact) mass is 365 g/mol. The van der Waals surface area contributed by atoms with Gasteiger partial charge in [0, 0.05) is 25.6 Å². The minimum absolute atomic E-state index is 0.0306. The van der Waals surface area contributed by atoms with Crippen LogP contribution < -0.4 is 5.32 Å². The largest absolute Gasteiger partial charge is 0.353 e. The zero-order valence-electron chi connectivity index (χ0n) is 15.7. The molecule has 0 unspecified atom stereocenters. The average molecular weight is 366 g/mol. The topological polar surface area (TPSA) is 63.1 Å². The van der Waals surface area contributed by atoms with Gasteiger partial charge in [0.1, 0.15) is 5.82 Å². The zero-order chi connectivity index (χ0) is 18.2. The van der Waals surface area contributed by atoms with E-state index in [4.69, 9.17) is 0 Å². The lowest BCUT2D eigenvalue weighted by molar-refractivity contribution is -0.120. The van der Waals surface area contributed by atoms with E-state index in [9.17, 15) is 4.79 Å². The molecule has 0 aliphatic carbocycles. The number of hydrogen-bond acceptors (Lipinski definition) is 5. The number of allylic oxidation sites excluding steroid dienone is 1. The number of likely N-dealkylation sites (tertiary alicyclic amines) is 1. The van der Waals surface area contributed by atoms with Crippen molar-refractivity contribution in [3.8, 4) is 0 Å². The third-order valence-electron chi connectivity index (χ3n) is 4.29. The number of rotatable bonds is 9. The lowest BCUT2D eigenvalue weighted by atomic mass is 10.1. The van der Waals surface area contributed by atoms with Gasteiger partial charge in [-0.3, -0.25) is 4.79 Å². The third kappa shape index (κ3) is 6.15. The lowest BCUT2D eigenvalue weighted by Crippen LogP contribution is -2.36. The van der Waals surface area contributed by atoms with Crippen LogP contribution in [-0.4, -0.2) is 56.5 Å². The molecular formula is C18H31N5OS. The molecular weight excluding hydrogens is 334 g/mol. The average Bonchev–Trinajstić information content (AvgIpc) is 2.95. The molecule has 1 fully saturated rings. The predicted octanol–water partition coefficient (Wildman–Crippen LogP) is 2.50. The second-order valence-electron chi connectivity index (χ2n) is 6.87. The Balaban J connectivity index is 1.99. The summed E-state index contributed by atoms with van der Waals surface area (Å²) in [5.41, 5.74) is 0. The minimum atomic E-state index is -0.204. The first-order chi connectivity index (χ1) is 12.0. The summed E-state index contributed by atoms with van der Waals surface area (Å²) in [6.07, 6.45) is 6.68. The smallest absolute Gasteiger partial charge is 0.233 e. The predicted molar refractivity (Wildman–Crippen MR) is 103 cm³/mol. The number of hydrogen-bond donors (Lipinski definition) is 1. The van der Waals surface area contributed by atoms with Crippen molar-refractivity contribution in [2.75, 3.05) is 19.6 Å². The van der Waals surface area contributed by atoms with Gasteiger partial charge >= 0.3 is 0 Å². The van der Waals surface area contributed by atoms with Crippen LogP contribution in [0.25, 0.3) is 0 Å². The zero-order valence-corrected chi connectivity index (χ0v) is 16.5. The fraction of sp³-hybridized carbons (Fsp3) is 0.722. The molecule has 7 heteroatoms. The van der Waals surface area contributed by atoms with Crippen LogP contribution in [0.15, 0.2) is 17.8 Å². The van der Waals surface area contributed by atoms with Gasteiger partial charge in [-0.05, 0) is 46.7 Å². The number of aromatic nitrogens is 3. The molecule has 0 bridgehead atoms. The van der Waals surface area contributed by atoms with Crippen LogP contribution >= 0.6 is 11.8 Å². The molecule has 25 heavy (non-hydrogen) atoms. The molecule has 0 aromatic carbocycles. The molecule has 2 heterocycles. The van der Waals surface area contributed by atoms with E-state index in [0.29, 0.717) is 6.54 Å². The third-order valence-corrected chi connectivity index (χ3v) is 5.37. The van der Waals surface area contributed by atoms with E-state index in [0.717, 1.165) is 23.9 Å². The van der Waals surface area contributed by atoms with E-state index < -0.39 is 0 Å². The summed E-state index contributed by atoms with van der Waals surface area (Å²) in [4.78, 5) is 14.7. The fourth-order valence-electron chi connectivity index (χ4n) is 2.96. The molecule has 0 spiro atoms. The molecule has 1 aliphatic heterocycles. The van der Waals surface area contributed by atoms with Crippen LogP contribution in [0.5, 0.6) is 0 Å². The fourth-order valence-corrected chi connectivity index (χ4v) is 3.84. The first kappa shape index (κ1) is 20.0. The molecule has 6 nitrogen and oxygen atoms in total. The van der Waals surface area contributed by atoms with Crippen LogP contribution in [0.4, 0.5) is 0 Å². The SMILES string of the molecule is C=CCn1c(CCN2CCCCC2)nnc1S[C@H](C)C(=O)NC(C)C. The first-order valence-electron chi connectivity index (χ1n) is 9.23. The van der Waals surface area contributed by atoms with Crippen molar-refractivity contribution >= 4 is 17.7 Å². The van der Waals surface area contributed by atoms with Crippen molar-refractivity contribution in [2.45, 2.75) is 69.4 Å². The summed E-state index contributed by atoms with van der Waals surface area (Å²) in [6, 6.07) is 0.140. The Morgan fingerprint density at radius 1 is 1.28 bits per heavy atom. The Hall–Kier alpha value is -1.34. The number of nitrogens with zero attached hydrogens (tertiary/aromatic N) is 4. The Morgan fingerprint density at radius 2 is 2.00 bits per heavy atom. The molecule has 1 saturated heterocycles. The highest BCUT2D eigenvalue weighted by molar-refractivity contribution is 8.00. The maximum absolute atomic E-state index is 12.1. The van der Waals surface area contributed by atoms with E-state index >= 15 is 0 Å². The Bertz CT molecular complexity index is 566. The maximum Gasteiger partial charge on any atom is 0.233 e. The number of amides is 1. The highest BCUT2D eigenvalue weighted by Gasteiger charge is 2.20. The summed E-state index contributed by atoms with van der Waals surface area (Å²) in [5.74, 6) is 1.01. The normalized spacial score (nSPS) is 16.8. The number of carbonyl (C=O) groups is 1. The van der Waals surface area contributed by atoms with Gasteiger partial charge in [0.2, 0.25) is 5.91 Å². The van der Waals surface area contributed by atoms with Crippen LogP contribution in [-0.2, 0) is 17.8 Å². The minimum Gasteiger partial charge on any atom is -0.353 e. The highest BCUT2D eigenvalue weighted by atomic mass is 32.2. The van der Waals surface area contributed by atoms with Crippen molar-refractivity contribution in [1.82, 2.24) is 25.0 Å². The van der Waals surface area contributed by atoms with Crippen LogP contribution in [0.1, 0.15) is 45.9 Å². The van der Waals surface area contributed by atoms with Crippen LogP contribution in [0, 0.1) is 0 Å². The van der Waals surface area contributed by atoms with Gasteiger partial charge < -0.3 is 14.8 Å². The quantitative estimate of drug-likeness (QED) is 0.538. The van der Waals surface area contributed by atoms with Gasteiger partial charge in [-0.2, -0.15) is 0 Å². The molecule has 0 saturated carbocycles. The lowest BCUT2D eigenvalue weighted by Gasteiger charge is -2.26. The summed E-state index contributed by atoms with van der Waals surface area (Å²) in [7, 11) is 0. The number of carbonyl (C=O) groups excluding carboxylic acids is 1. The maximum atomic E-state index is 12.1. The summed E-state index contributed by atoms with van der Waals surface area (Å²) < 4.78 is 2.08. The summed E-state index contributed by atoms with van der Waals surface area (Å²) in [5, 5.41) is 12.2. The van der Waals surface area contributed by atoms with E-state index in [2.05, 4.69) is 31.6 Å². The van der Waals surface area contributed by atoms with Gasteiger partial charge in [-0.1, -0.05) is 24.3 Å². The van der Waals surface area contributed by atoms with E-state index in [1.54, 1.807) is 0 Å². The molecule has 1 aliphatic rings. The summed E-state index contributed by atoms with van der Waals surface area (Å²) >= 11 is 1.46. The van der Waals surface area contributed by atoms with Crippen molar-refractivity contribution in [3.63, 3.8) is 0 Å². The second-order valence-corrected chi connectivity index (χ2v) is 8.18. The van der Waals surface area contributed by atoms with E-state index in [-0.39, 0.29) is 17.2 Å². The van der Waals surface area contributed by atoms with Crippen LogP contribution in [0.2, 0.25) is 0 Å². The molecule has 1 amide bonds. The molecule has 2 rings (SSSR count). The standard InChI is InChI=1S/C18H31N5OS/c1-5-10-23-16(9-13-22-11-7-6-8-12-22)20-21-18(23)25-15(4)17(24)19-14(2)3/h5,14-15H,1,6-13H2,2-4H3,(H,19,24)/t15-/m1/s1. The highest BCUT2D eigenvalue weighted by Crippen LogP contribution is 2.23. The van der Waals surface area contributed by atoms with Gasteiger partial charge in [0.25, 0.3) is 0 Å². The van der Waals surface area contributed by atoms with Crippen molar-refractivity contribution < 1.29 is 4.79 Å². The number of thioether (sulfide) groups is 1. The Morgan fingerprint density at radius 3 is 2.64 bits per heavy atom. The molecule has 1 aromatic rings. The van der Waals surface area contributed by atoms with E-state index in [1.165, 1.54) is 44.1 Å². The molecule has 0 radical (unpaired) electrons. The van der Waals surface area contributed by atoms with Crippen molar-refractivity contribution in [3.05, 3.63) is 18.5 Å². The molecule has 1 atom stereocenters. The number of piperidine rings is 1. The molecule has 1 N–H and O–H groups in total. The Labute approximate surface area is 155 Å². The van der Waals surface area contributed by atoms with Crippen molar-refractivity contribution in [1.29, 1.82) is 0 Å².